The molecule has 0 saturated carbocycles. The average Bonchev–Trinajstić information content (AvgIpc) is 3.47. The van der Waals surface area contributed by atoms with Crippen molar-refractivity contribution in [1.29, 1.82) is 0 Å². The molecule has 0 spiro atoms. The predicted octanol–water partition coefficient (Wildman–Crippen LogP) is 5.11. The molecule has 2 aliphatic rings. The van der Waals surface area contributed by atoms with Gasteiger partial charge in [-0.15, -0.1) is 0 Å². The predicted molar refractivity (Wildman–Crippen MR) is 139 cm³/mol. The Kier molecular flexibility index (Phi) is 7.27. The van der Waals surface area contributed by atoms with Gasteiger partial charge in [-0.3, -0.25) is 14.5 Å². The fourth-order valence-corrected chi connectivity index (χ4v) is 5.07. The van der Waals surface area contributed by atoms with Gasteiger partial charge in [0.25, 0.3) is 0 Å². The van der Waals surface area contributed by atoms with E-state index in [1.54, 1.807) is 48.5 Å². The zero-order chi connectivity index (χ0) is 25.8. The van der Waals surface area contributed by atoms with Crippen LogP contribution in [-0.2, 0) is 16.1 Å². The summed E-state index contributed by atoms with van der Waals surface area (Å²) in [5.74, 6) is 0.841. The number of para-hydroxylation sites is 1. The van der Waals surface area contributed by atoms with Crippen LogP contribution < -0.4 is 19.5 Å². The smallest absolute Gasteiger partial charge is 0.242 e. The number of halogens is 1. The number of nitrogens with one attached hydrogen (secondary N) is 1. The fourth-order valence-electron chi connectivity index (χ4n) is 3.92. The molecular weight excluding hydrogens is 497 g/mol. The molecule has 2 heterocycles. The molecule has 1 N–H and O–H groups in total. The lowest BCUT2D eigenvalue weighted by molar-refractivity contribution is -0.128. The summed E-state index contributed by atoms with van der Waals surface area (Å²) in [5.41, 5.74) is 1.51. The fraction of sp³-hybridized carbons (Fsp3) is 0.222. The van der Waals surface area contributed by atoms with Crippen molar-refractivity contribution in [3.05, 3.63) is 78.1 Å². The van der Waals surface area contributed by atoms with E-state index in [1.165, 1.54) is 17.0 Å². The van der Waals surface area contributed by atoms with Crippen molar-refractivity contribution in [3.8, 4) is 17.2 Å². The van der Waals surface area contributed by atoms with Crippen molar-refractivity contribution in [3.63, 3.8) is 0 Å². The molecule has 1 fully saturated rings. The molecule has 0 aliphatic carbocycles. The zero-order valence-electron chi connectivity index (χ0n) is 20.0. The van der Waals surface area contributed by atoms with Crippen LogP contribution in [0.5, 0.6) is 17.2 Å². The van der Waals surface area contributed by atoms with Crippen molar-refractivity contribution in [2.45, 2.75) is 25.1 Å². The standard InChI is InChI=1S/C27H24FN3O5S/c1-2-34-19-10-8-18(9-11-19)29-25(32)14-24-26(33)31(15-17-7-12-22-23(13-17)36-16-35-22)27(37-24)30-21-6-4-3-5-20(21)28/h3-13,24H,2,14-16H2,1H3,(H,29,32)/t24-/m1/s1. The van der Waals surface area contributed by atoms with E-state index in [2.05, 4.69) is 10.3 Å². The minimum absolute atomic E-state index is 0.0648. The SMILES string of the molecule is CCOc1ccc(NC(=O)C[C@H]2SC(=Nc3ccccc3F)N(Cc3ccc4c(c3)OCO4)C2=O)cc1. The molecule has 1 atom stereocenters. The largest absolute Gasteiger partial charge is 0.494 e. The Morgan fingerprint density at radius 1 is 1.14 bits per heavy atom. The number of rotatable bonds is 8. The number of benzene rings is 3. The van der Waals surface area contributed by atoms with E-state index in [4.69, 9.17) is 14.2 Å². The first-order valence-electron chi connectivity index (χ1n) is 11.7. The number of carbonyl (C=O) groups is 2. The van der Waals surface area contributed by atoms with E-state index in [0.717, 1.165) is 17.3 Å². The number of aliphatic imine (C=N–C) groups is 1. The van der Waals surface area contributed by atoms with Gasteiger partial charge >= 0.3 is 0 Å². The number of anilines is 1. The van der Waals surface area contributed by atoms with Crippen LogP contribution in [0.3, 0.4) is 0 Å². The lowest BCUT2D eigenvalue weighted by Gasteiger charge is -2.17. The van der Waals surface area contributed by atoms with E-state index >= 15 is 0 Å². The van der Waals surface area contributed by atoms with Crippen LogP contribution in [0.2, 0.25) is 0 Å². The molecule has 0 aromatic heterocycles. The molecule has 0 unspecified atom stereocenters. The molecule has 0 bridgehead atoms. The summed E-state index contributed by atoms with van der Waals surface area (Å²) >= 11 is 1.15. The third kappa shape index (κ3) is 5.69. The van der Waals surface area contributed by atoms with E-state index in [-0.39, 0.29) is 37.3 Å². The highest BCUT2D eigenvalue weighted by molar-refractivity contribution is 8.15. The zero-order valence-corrected chi connectivity index (χ0v) is 20.8. The van der Waals surface area contributed by atoms with Crippen molar-refractivity contribution in [1.82, 2.24) is 4.90 Å². The summed E-state index contributed by atoms with van der Waals surface area (Å²) in [7, 11) is 0. The highest BCUT2D eigenvalue weighted by atomic mass is 32.2. The van der Waals surface area contributed by atoms with Crippen LogP contribution in [-0.4, -0.2) is 40.5 Å². The van der Waals surface area contributed by atoms with Gasteiger partial charge in [-0.05, 0) is 61.0 Å². The van der Waals surface area contributed by atoms with Crippen LogP contribution >= 0.6 is 11.8 Å². The lowest BCUT2D eigenvalue weighted by Crippen LogP contribution is -2.33. The highest BCUT2D eigenvalue weighted by Gasteiger charge is 2.39. The van der Waals surface area contributed by atoms with Crippen molar-refractivity contribution < 1.29 is 28.2 Å². The molecule has 8 nitrogen and oxygen atoms in total. The molecule has 10 heteroatoms. The van der Waals surface area contributed by atoms with Crippen molar-refractivity contribution >= 4 is 40.1 Å². The van der Waals surface area contributed by atoms with E-state index in [0.29, 0.717) is 34.7 Å². The summed E-state index contributed by atoms with van der Waals surface area (Å²) < 4.78 is 30.6. The maximum atomic E-state index is 14.3. The Hall–Kier alpha value is -4.05. The van der Waals surface area contributed by atoms with E-state index < -0.39 is 11.1 Å². The molecule has 0 radical (unpaired) electrons. The molecule has 2 aliphatic heterocycles. The Morgan fingerprint density at radius 2 is 1.92 bits per heavy atom. The van der Waals surface area contributed by atoms with Crippen LogP contribution in [0, 0.1) is 5.82 Å². The molecule has 3 aromatic carbocycles. The van der Waals surface area contributed by atoms with Crippen molar-refractivity contribution in [2.24, 2.45) is 4.99 Å². The summed E-state index contributed by atoms with van der Waals surface area (Å²) in [5, 5.41) is 2.44. The molecule has 190 valence electrons. The number of thioether (sulfide) groups is 1. The van der Waals surface area contributed by atoms with Crippen molar-refractivity contribution in [2.75, 3.05) is 18.7 Å². The molecule has 1 saturated heterocycles. The first-order chi connectivity index (χ1) is 18.0. The number of amides is 2. The third-order valence-corrected chi connectivity index (χ3v) is 6.86. The second-order valence-corrected chi connectivity index (χ2v) is 9.44. The van der Waals surface area contributed by atoms with E-state index in [9.17, 15) is 14.0 Å². The van der Waals surface area contributed by atoms with Gasteiger partial charge in [-0.25, -0.2) is 9.38 Å². The maximum Gasteiger partial charge on any atom is 0.242 e. The van der Waals surface area contributed by atoms with Gasteiger partial charge < -0.3 is 19.5 Å². The number of ether oxygens (including phenoxy) is 3. The first kappa shape index (κ1) is 24.6. The highest BCUT2D eigenvalue weighted by Crippen LogP contribution is 2.36. The Morgan fingerprint density at radius 3 is 2.70 bits per heavy atom. The van der Waals surface area contributed by atoms with Gasteiger partial charge in [0.2, 0.25) is 18.6 Å². The quantitative estimate of drug-likeness (QED) is 0.443. The summed E-state index contributed by atoms with van der Waals surface area (Å²) in [4.78, 5) is 32.1. The molecule has 2 amide bonds. The van der Waals surface area contributed by atoms with Gasteiger partial charge in [0.1, 0.15) is 22.5 Å². The van der Waals surface area contributed by atoms with Crippen LogP contribution in [0.15, 0.2) is 71.7 Å². The summed E-state index contributed by atoms with van der Waals surface area (Å²) in [6, 6.07) is 18.5. The lowest BCUT2D eigenvalue weighted by atomic mass is 10.1. The van der Waals surface area contributed by atoms with Crippen LogP contribution in [0.1, 0.15) is 18.9 Å². The van der Waals surface area contributed by atoms with E-state index in [1.807, 2.05) is 13.0 Å². The topological polar surface area (TPSA) is 89.5 Å². The monoisotopic (exact) mass is 521 g/mol. The normalized spacial score (nSPS) is 17.4. The number of hydrogen-bond donors (Lipinski definition) is 1. The molecule has 3 aromatic rings. The number of fused-ring (bicyclic) bond motifs is 1. The van der Waals surface area contributed by atoms with Crippen LogP contribution in [0.25, 0.3) is 0 Å². The summed E-state index contributed by atoms with van der Waals surface area (Å²) in [6.45, 7) is 2.77. The van der Waals surface area contributed by atoms with Gasteiger partial charge in [-0.2, -0.15) is 0 Å². The van der Waals surface area contributed by atoms with Gasteiger partial charge in [0.05, 0.1) is 13.2 Å². The Bertz CT molecular complexity index is 1350. The average molecular weight is 522 g/mol. The number of hydrogen-bond acceptors (Lipinski definition) is 7. The number of nitrogens with zero attached hydrogens (tertiary/aromatic N) is 2. The van der Waals surface area contributed by atoms with Crippen LogP contribution in [0.4, 0.5) is 15.8 Å². The molecule has 37 heavy (non-hydrogen) atoms. The minimum atomic E-state index is -0.706. The first-order valence-corrected chi connectivity index (χ1v) is 12.6. The molecular formula is C27H24FN3O5S. The minimum Gasteiger partial charge on any atom is -0.494 e. The second-order valence-electron chi connectivity index (χ2n) is 8.27. The molecule has 5 rings (SSSR count). The Labute approximate surface area is 217 Å². The second kappa shape index (κ2) is 10.9. The van der Waals surface area contributed by atoms with Gasteiger partial charge in [0, 0.05) is 12.1 Å². The maximum absolute atomic E-state index is 14.3. The van der Waals surface area contributed by atoms with Gasteiger partial charge in [0.15, 0.2) is 16.7 Å². The summed E-state index contributed by atoms with van der Waals surface area (Å²) in [6.07, 6.45) is -0.0648. The third-order valence-electron chi connectivity index (χ3n) is 5.69. The number of amidine groups is 1. The Balaban J connectivity index is 1.34. The van der Waals surface area contributed by atoms with Gasteiger partial charge in [-0.1, -0.05) is 30.0 Å². The number of carbonyl (C=O) groups excluding carboxylic acids is 2.